The number of aromatic nitrogens is 1. The summed E-state index contributed by atoms with van der Waals surface area (Å²) in [5.74, 6) is -0.707. The Kier molecular flexibility index (Phi) is 10.7. The standard InChI is InChI=1S/C25H38N4O4/c1-4-7-16-25(17-8-5-2,23(31)33-6-3)27-24(32)29-28-22(30)15-11-12-19-18-26-21-14-10-9-13-20(19)21/h9-10,13-14,18,26H,4-8,11-12,15-17H2,1-3H3,(H,28,30)(H2,27,29,32). The normalized spacial score (nSPS) is 11.2. The topological polar surface area (TPSA) is 112 Å². The van der Waals surface area contributed by atoms with Gasteiger partial charge in [-0.3, -0.25) is 10.2 Å². The molecule has 0 aliphatic rings. The first-order chi connectivity index (χ1) is 16.0. The molecule has 4 N–H and O–H groups in total. The first kappa shape index (κ1) is 26.2. The lowest BCUT2D eigenvalue weighted by atomic mass is 9.87. The summed E-state index contributed by atoms with van der Waals surface area (Å²) in [6, 6.07) is 7.44. The molecule has 0 aliphatic heterocycles. The molecule has 0 saturated heterocycles. The fourth-order valence-corrected chi connectivity index (χ4v) is 3.95. The van der Waals surface area contributed by atoms with Gasteiger partial charge in [-0.25, -0.2) is 15.0 Å². The predicted molar refractivity (Wildman–Crippen MR) is 129 cm³/mol. The van der Waals surface area contributed by atoms with Gasteiger partial charge in [0.05, 0.1) is 6.61 Å². The van der Waals surface area contributed by atoms with E-state index in [1.54, 1.807) is 6.92 Å². The number of hydrogen-bond acceptors (Lipinski definition) is 4. The number of fused-ring (bicyclic) bond motifs is 1. The first-order valence-electron chi connectivity index (χ1n) is 12.0. The molecule has 0 bridgehead atoms. The van der Waals surface area contributed by atoms with Crippen LogP contribution in [0.5, 0.6) is 0 Å². The number of H-pyrrole nitrogens is 1. The highest BCUT2D eigenvalue weighted by Crippen LogP contribution is 2.24. The molecule has 0 saturated carbocycles. The Morgan fingerprint density at radius 2 is 1.67 bits per heavy atom. The second-order valence-electron chi connectivity index (χ2n) is 8.35. The number of aromatic amines is 1. The maximum absolute atomic E-state index is 12.7. The Balaban J connectivity index is 1.86. The van der Waals surface area contributed by atoms with E-state index in [2.05, 4.69) is 27.2 Å². The van der Waals surface area contributed by atoms with Crippen LogP contribution in [0, 0.1) is 0 Å². The molecule has 1 aromatic heterocycles. The number of unbranched alkanes of at least 4 members (excludes halogenated alkanes) is 2. The van der Waals surface area contributed by atoms with Crippen LogP contribution in [0.4, 0.5) is 4.79 Å². The molecule has 8 nitrogen and oxygen atoms in total. The smallest absolute Gasteiger partial charge is 0.334 e. The number of hydrazine groups is 1. The number of carbonyl (C=O) groups is 3. The van der Waals surface area contributed by atoms with Gasteiger partial charge < -0.3 is 15.0 Å². The van der Waals surface area contributed by atoms with E-state index in [4.69, 9.17) is 4.74 Å². The second-order valence-corrected chi connectivity index (χ2v) is 8.35. The minimum Gasteiger partial charge on any atom is -0.464 e. The molecule has 1 heterocycles. The van der Waals surface area contributed by atoms with Crippen molar-refractivity contribution in [3.8, 4) is 0 Å². The van der Waals surface area contributed by atoms with E-state index >= 15 is 0 Å². The Bertz CT molecular complexity index is 901. The van der Waals surface area contributed by atoms with Gasteiger partial charge in [-0.05, 0) is 44.2 Å². The molecule has 0 aliphatic carbocycles. The summed E-state index contributed by atoms with van der Waals surface area (Å²) in [4.78, 5) is 40.8. The number of hydrogen-bond donors (Lipinski definition) is 4. The van der Waals surface area contributed by atoms with E-state index in [0.29, 0.717) is 19.3 Å². The van der Waals surface area contributed by atoms with E-state index < -0.39 is 17.5 Å². The van der Waals surface area contributed by atoms with Crippen LogP contribution in [-0.4, -0.2) is 35.0 Å². The van der Waals surface area contributed by atoms with Crippen molar-refractivity contribution in [3.63, 3.8) is 0 Å². The summed E-state index contributed by atoms with van der Waals surface area (Å²) in [7, 11) is 0. The van der Waals surface area contributed by atoms with Crippen molar-refractivity contribution in [2.75, 3.05) is 6.61 Å². The zero-order valence-corrected chi connectivity index (χ0v) is 20.1. The maximum atomic E-state index is 12.7. The Labute approximate surface area is 196 Å². The van der Waals surface area contributed by atoms with Gasteiger partial charge >= 0.3 is 12.0 Å². The third-order valence-electron chi connectivity index (χ3n) is 5.77. The highest BCUT2D eigenvalue weighted by Gasteiger charge is 2.40. The Morgan fingerprint density at radius 1 is 0.970 bits per heavy atom. The third kappa shape index (κ3) is 7.80. The minimum atomic E-state index is -1.09. The van der Waals surface area contributed by atoms with Crippen molar-refractivity contribution >= 4 is 28.8 Å². The monoisotopic (exact) mass is 458 g/mol. The number of nitrogens with one attached hydrogen (secondary N) is 4. The lowest BCUT2D eigenvalue weighted by Gasteiger charge is -2.32. The molecule has 182 valence electrons. The van der Waals surface area contributed by atoms with Crippen LogP contribution < -0.4 is 16.2 Å². The van der Waals surface area contributed by atoms with Crippen molar-refractivity contribution < 1.29 is 19.1 Å². The number of urea groups is 1. The molecule has 2 aromatic rings. The summed E-state index contributed by atoms with van der Waals surface area (Å²) in [6.07, 6.45) is 7.98. The van der Waals surface area contributed by atoms with E-state index in [9.17, 15) is 14.4 Å². The van der Waals surface area contributed by atoms with Gasteiger partial charge in [-0.1, -0.05) is 57.7 Å². The lowest BCUT2D eigenvalue weighted by molar-refractivity contribution is -0.151. The van der Waals surface area contributed by atoms with Gasteiger partial charge in [0.15, 0.2) is 0 Å². The molecule has 1 aromatic carbocycles. The predicted octanol–water partition coefficient (Wildman–Crippen LogP) is 4.50. The van der Waals surface area contributed by atoms with Gasteiger partial charge in [0.2, 0.25) is 5.91 Å². The number of aryl methyl sites for hydroxylation is 1. The number of benzene rings is 1. The van der Waals surface area contributed by atoms with Gasteiger partial charge in [0.25, 0.3) is 0 Å². The van der Waals surface area contributed by atoms with Gasteiger partial charge in [0, 0.05) is 23.5 Å². The molecule has 0 unspecified atom stereocenters. The van der Waals surface area contributed by atoms with Crippen LogP contribution in [0.15, 0.2) is 30.5 Å². The van der Waals surface area contributed by atoms with Crippen LogP contribution in [-0.2, 0) is 20.7 Å². The quantitative estimate of drug-likeness (QED) is 0.261. The second kappa shape index (κ2) is 13.5. The molecule has 8 heteroatoms. The van der Waals surface area contributed by atoms with Crippen LogP contribution >= 0.6 is 0 Å². The van der Waals surface area contributed by atoms with E-state index in [0.717, 1.165) is 48.6 Å². The number of ether oxygens (including phenoxy) is 1. The summed E-state index contributed by atoms with van der Waals surface area (Å²) in [5.41, 5.74) is 5.99. The fourth-order valence-electron chi connectivity index (χ4n) is 3.95. The molecular formula is C25H38N4O4. The molecule has 0 spiro atoms. The van der Waals surface area contributed by atoms with Gasteiger partial charge in [-0.15, -0.1) is 0 Å². The first-order valence-corrected chi connectivity index (χ1v) is 12.0. The van der Waals surface area contributed by atoms with Crippen molar-refractivity contribution in [1.29, 1.82) is 0 Å². The average Bonchev–Trinajstić information content (AvgIpc) is 3.23. The SMILES string of the molecule is CCCCC(CCCC)(NC(=O)NNC(=O)CCCc1c[nH]c2ccccc12)C(=O)OCC. The highest BCUT2D eigenvalue weighted by atomic mass is 16.5. The summed E-state index contributed by atoms with van der Waals surface area (Å²) in [6.45, 7) is 6.06. The Morgan fingerprint density at radius 3 is 2.33 bits per heavy atom. The largest absolute Gasteiger partial charge is 0.464 e. The molecular weight excluding hydrogens is 420 g/mol. The highest BCUT2D eigenvalue weighted by molar-refractivity contribution is 5.88. The van der Waals surface area contributed by atoms with E-state index in [1.165, 1.54) is 0 Å². The van der Waals surface area contributed by atoms with Crippen LogP contribution in [0.25, 0.3) is 10.9 Å². The summed E-state index contributed by atoms with van der Waals surface area (Å²) < 4.78 is 5.28. The Hall–Kier alpha value is -3.03. The van der Waals surface area contributed by atoms with Crippen molar-refractivity contribution in [2.45, 2.75) is 84.1 Å². The van der Waals surface area contributed by atoms with Gasteiger partial charge in [-0.2, -0.15) is 0 Å². The number of carbonyl (C=O) groups excluding carboxylic acids is 3. The molecule has 0 atom stereocenters. The fraction of sp³-hybridized carbons (Fsp3) is 0.560. The van der Waals surface area contributed by atoms with Crippen molar-refractivity contribution in [2.24, 2.45) is 0 Å². The van der Waals surface area contributed by atoms with E-state index in [1.807, 2.05) is 38.2 Å². The molecule has 2 rings (SSSR count). The maximum Gasteiger partial charge on any atom is 0.334 e. The van der Waals surface area contributed by atoms with E-state index in [-0.39, 0.29) is 18.9 Å². The molecule has 33 heavy (non-hydrogen) atoms. The number of rotatable bonds is 13. The van der Waals surface area contributed by atoms with Crippen LogP contribution in [0.1, 0.15) is 77.7 Å². The van der Waals surface area contributed by atoms with Crippen LogP contribution in [0.3, 0.4) is 0 Å². The van der Waals surface area contributed by atoms with Crippen LogP contribution in [0.2, 0.25) is 0 Å². The average molecular weight is 459 g/mol. The zero-order chi connectivity index (χ0) is 24.1. The van der Waals surface area contributed by atoms with Gasteiger partial charge in [0.1, 0.15) is 5.54 Å². The molecule has 0 fully saturated rings. The zero-order valence-electron chi connectivity index (χ0n) is 20.1. The molecule has 0 radical (unpaired) electrons. The number of para-hydroxylation sites is 1. The van der Waals surface area contributed by atoms with Crippen molar-refractivity contribution in [1.82, 2.24) is 21.2 Å². The molecule has 3 amide bonds. The van der Waals surface area contributed by atoms with Crippen molar-refractivity contribution in [3.05, 3.63) is 36.0 Å². The number of esters is 1. The summed E-state index contributed by atoms with van der Waals surface area (Å²) >= 11 is 0. The summed E-state index contributed by atoms with van der Waals surface area (Å²) in [5, 5.41) is 3.95. The number of amides is 3. The third-order valence-corrected chi connectivity index (χ3v) is 5.77. The lowest BCUT2D eigenvalue weighted by Crippen LogP contribution is -2.60. The minimum absolute atomic E-state index is 0.245.